The van der Waals surface area contributed by atoms with E-state index >= 15 is 0 Å². The molecule has 1 amide bonds. The van der Waals surface area contributed by atoms with Gasteiger partial charge < -0.3 is 10.5 Å². The number of halogens is 1. The lowest BCUT2D eigenvalue weighted by atomic mass is 10.1. The lowest BCUT2D eigenvalue weighted by Crippen LogP contribution is -2.25. The highest BCUT2D eigenvalue weighted by atomic mass is 35.5. The van der Waals surface area contributed by atoms with E-state index in [1.165, 1.54) is 0 Å². The molecule has 0 aromatic heterocycles. The summed E-state index contributed by atoms with van der Waals surface area (Å²) in [5.74, 6) is 0.225. The van der Waals surface area contributed by atoms with Crippen LogP contribution in [-0.4, -0.2) is 18.2 Å². The molecule has 0 aliphatic heterocycles. The molecule has 0 saturated heterocycles. The zero-order valence-electron chi connectivity index (χ0n) is 12.0. The summed E-state index contributed by atoms with van der Waals surface area (Å²) < 4.78 is 5.32. The second kappa shape index (κ2) is 7.47. The van der Waals surface area contributed by atoms with Crippen LogP contribution >= 0.6 is 11.6 Å². The Bertz CT molecular complexity index is 667. The molecular weight excluding hydrogens is 302 g/mol. The number of carbonyl (C=O) groups excluding carboxylic acids is 1. The number of hydrazone groups is 1. The Kier molecular flexibility index (Phi) is 5.38. The number of amides is 1. The average Bonchev–Trinajstić information content (AvgIpc) is 2.52. The van der Waals surface area contributed by atoms with E-state index in [1.807, 2.05) is 12.1 Å². The highest BCUT2D eigenvalue weighted by Crippen LogP contribution is 2.15. The SMILES string of the molecule is C/C(=N\NC(=O)COc1ccc(Cl)cc1)c1ccc(N)cc1. The summed E-state index contributed by atoms with van der Waals surface area (Å²) in [5, 5.41) is 4.64. The quantitative estimate of drug-likeness (QED) is 0.506. The normalized spacial score (nSPS) is 11.1. The van der Waals surface area contributed by atoms with Gasteiger partial charge >= 0.3 is 0 Å². The molecule has 2 aromatic rings. The minimum Gasteiger partial charge on any atom is -0.484 e. The molecule has 22 heavy (non-hydrogen) atoms. The zero-order valence-corrected chi connectivity index (χ0v) is 12.8. The van der Waals surface area contributed by atoms with Gasteiger partial charge in [-0.2, -0.15) is 5.10 Å². The molecule has 0 fully saturated rings. The van der Waals surface area contributed by atoms with Crippen molar-refractivity contribution in [1.29, 1.82) is 0 Å². The first-order chi connectivity index (χ1) is 10.5. The van der Waals surface area contributed by atoms with Gasteiger partial charge in [-0.3, -0.25) is 4.79 Å². The summed E-state index contributed by atoms with van der Waals surface area (Å²) in [6.07, 6.45) is 0. The Hall–Kier alpha value is -2.53. The second-order valence-corrected chi connectivity index (χ2v) is 5.03. The third-order valence-corrected chi connectivity index (χ3v) is 3.11. The number of nitrogen functional groups attached to an aromatic ring is 1. The number of carbonyl (C=O) groups is 1. The first-order valence-corrected chi connectivity index (χ1v) is 7.00. The van der Waals surface area contributed by atoms with Crippen molar-refractivity contribution in [2.45, 2.75) is 6.92 Å². The molecule has 0 saturated carbocycles. The number of benzene rings is 2. The highest BCUT2D eigenvalue weighted by Gasteiger charge is 2.03. The van der Waals surface area contributed by atoms with Gasteiger partial charge in [0.15, 0.2) is 6.61 Å². The van der Waals surface area contributed by atoms with Gasteiger partial charge in [-0.15, -0.1) is 0 Å². The van der Waals surface area contributed by atoms with Crippen LogP contribution in [-0.2, 0) is 4.79 Å². The summed E-state index contributed by atoms with van der Waals surface area (Å²) in [7, 11) is 0. The summed E-state index contributed by atoms with van der Waals surface area (Å²) in [4.78, 5) is 11.7. The van der Waals surface area contributed by atoms with Crippen LogP contribution in [0.25, 0.3) is 0 Å². The number of hydrogen-bond donors (Lipinski definition) is 2. The van der Waals surface area contributed by atoms with Gasteiger partial charge in [0.2, 0.25) is 0 Å². The molecule has 2 aromatic carbocycles. The molecule has 0 unspecified atom stereocenters. The van der Waals surface area contributed by atoms with Crippen LogP contribution in [0.2, 0.25) is 5.02 Å². The first kappa shape index (κ1) is 15.9. The van der Waals surface area contributed by atoms with E-state index < -0.39 is 0 Å². The van der Waals surface area contributed by atoms with Gasteiger partial charge in [0.1, 0.15) is 5.75 Å². The fourth-order valence-corrected chi connectivity index (χ4v) is 1.77. The van der Waals surface area contributed by atoms with E-state index in [4.69, 9.17) is 22.1 Å². The summed E-state index contributed by atoms with van der Waals surface area (Å²) >= 11 is 5.77. The van der Waals surface area contributed by atoms with Crippen LogP contribution in [0.4, 0.5) is 5.69 Å². The molecule has 0 aliphatic carbocycles. The molecule has 6 heteroatoms. The van der Waals surface area contributed by atoms with E-state index in [1.54, 1.807) is 43.3 Å². The Morgan fingerprint density at radius 3 is 2.45 bits per heavy atom. The van der Waals surface area contributed by atoms with Crippen LogP contribution in [0.3, 0.4) is 0 Å². The molecule has 3 N–H and O–H groups in total. The van der Waals surface area contributed by atoms with Crippen molar-refractivity contribution in [1.82, 2.24) is 5.43 Å². The smallest absolute Gasteiger partial charge is 0.277 e. The summed E-state index contributed by atoms with van der Waals surface area (Å²) in [6.45, 7) is 1.67. The lowest BCUT2D eigenvalue weighted by molar-refractivity contribution is -0.123. The van der Waals surface area contributed by atoms with Crippen molar-refractivity contribution >= 4 is 28.9 Å². The highest BCUT2D eigenvalue weighted by molar-refractivity contribution is 6.30. The van der Waals surface area contributed by atoms with Gasteiger partial charge in [-0.1, -0.05) is 23.7 Å². The molecule has 114 valence electrons. The Morgan fingerprint density at radius 2 is 1.82 bits per heavy atom. The van der Waals surface area contributed by atoms with Crippen molar-refractivity contribution < 1.29 is 9.53 Å². The van der Waals surface area contributed by atoms with E-state index in [-0.39, 0.29) is 12.5 Å². The van der Waals surface area contributed by atoms with Gasteiger partial charge in [0, 0.05) is 10.7 Å². The van der Waals surface area contributed by atoms with E-state index in [2.05, 4.69) is 10.5 Å². The monoisotopic (exact) mass is 317 g/mol. The minimum atomic E-state index is -0.343. The standard InChI is InChI=1S/C16H16ClN3O2/c1-11(12-2-6-14(18)7-3-12)19-20-16(21)10-22-15-8-4-13(17)5-9-15/h2-9H,10,18H2,1H3,(H,20,21)/b19-11+. The van der Waals surface area contributed by atoms with Crippen LogP contribution in [0.1, 0.15) is 12.5 Å². The Balaban J connectivity index is 1.85. The minimum absolute atomic E-state index is 0.125. The maximum Gasteiger partial charge on any atom is 0.277 e. The van der Waals surface area contributed by atoms with Gasteiger partial charge in [0.25, 0.3) is 5.91 Å². The Labute approximate surface area is 133 Å². The number of nitrogens with zero attached hydrogens (tertiary/aromatic N) is 1. The molecule has 0 radical (unpaired) electrons. The Morgan fingerprint density at radius 1 is 1.18 bits per heavy atom. The number of rotatable bonds is 5. The maximum atomic E-state index is 11.7. The molecular formula is C16H16ClN3O2. The van der Waals surface area contributed by atoms with Gasteiger partial charge in [-0.05, 0) is 48.9 Å². The fraction of sp³-hybridized carbons (Fsp3) is 0.125. The molecule has 0 spiro atoms. The molecule has 0 aliphatic rings. The lowest BCUT2D eigenvalue weighted by Gasteiger charge is -2.06. The van der Waals surface area contributed by atoms with Crippen LogP contribution in [0, 0.1) is 0 Å². The number of ether oxygens (including phenoxy) is 1. The third kappa shape index (κ3) is 4.79. The second-order valence-electron chi connectivity index (χ2n) is 4.60. The molecule has 0 atom stereocenters. The molecule has 5 nitrogen and oxygen atoms in total. The van der Waals surface area contributed by atoms with Crippen molar-refractivity contribution in [3.63, 3.8) is 0 Å². The molecule has 2 rings (SSSR count). The molecule has 0 bridgehead atoms. The van der Waals surface area contributed by atoms with Crippen LogP contribution in [0.15, 0.2) is 53.6 Å². The predicted octanol–water partition coefficient (Wildman–Crippen LogP) is 2.84. The zero-order chi connectivity index (χ0) is 15.9. The number of hydrogen-bond acceptors (Lipinski definition) is 4. The van der Waals surface area contributed by atoms with E-state index in [9.17, 15) is 4.79 Å². The van der Waals surface area contributed by atoms with Gasteiger partial charge in [-0.25, -0.2) is 5.43 Å². The molecule has 0 heterocycles. The van der Waals surface area contributed by atoms with Crippen molar-refractivity contribution in [2.75, 3.05) is 12.3 Å². The van der Waals surface area contributed by atoms with Crippen LogP contribution < -0.4 is 15.9 Å². The topological polar surface area (TPSA) is 76.7 Å². The van der Waals surface area contributed by atoms with E-state index in [0.29, 0.717) is 22.2 Å². The number of anilines is 1. The first-order valence-electron chi connectivity index (χ1n) is 6.62. The number of nitrogens with two attached hydrogens (primary N) is 1. The predicted molar refractivity (Wildman–Crippen MR) is 88.2 cm³/mol. The van der Waals surface area contributed by atoms with Crippen molar-refractivity contribution in [3.05, 3.63) is 59.1 Å². The number of nitrogens with one attached hydrogen (secondary N) is 1. The largest absolute Gasteiger partial charge is 0.484 e. The van der Waals surface area contributed by atoms with Crippen molar-refractivity contribution in [3.8, 4) is 5.75 Å². The van der Waals surface area contributed by atoms with Crippen molar-refractivity contribution in [2.24, 2.45) is 5.10 Å². The average molecular weight is 318 g/mol. The van der Waals surface area contributed by atoms with E-state index in [0.717, 1.165) is 5.56 Å². The summed E-state index contributed by atoms with van der Waals surface area (Å²) in [6, 6.07) is 14.0. The maximum absolute atomic E-state index is 11.7. The third-order valence-electron chi connectivity index (χ3n) is 2.86. The fourth-order valence-electron chi connectivity index (χ4n) is 1.65. The van der Waals surface area contributed by atoms with Crippen LogP contribution in [0.5, 0.6) is 5.75 Å². The van der Waals surface area contributed by atoms with Gasteiger partial charge in [0.05, 0.1) is 5.71 Å². The summed E-state index contributed by atoms with van der Waals surface area (Å²) in [5.41, 5.74) is 10.3.